The summed E-state index contributed by atoms with van der Waals surface area (Å²) < 4.78 is 11.1. The van der Waals surface area contributed by atoms with Crippen LogP contribution < -0.4 is 11.1 Å². The molecule has 2 rings (SSSR count). The van der Waals surface area contributed by atoms with Crippen LogP contribution in [0.2, 0.25) is 0 Å². The maximum Gasteiger partial charge on any atom is 0.0809 e. The molecule has 0 saturated carbocycles. The summed E-state index contributed by atoms with van der Waals surface area (Å²) >= 11 is 0. The van der Waals surface area contributed by atoms with Crippen LogP contribution in [0, 0.1) is 0 Å². The predicted molar refractivity (Wildman–Crippen MR) is 77.0 cm³/mol. The highest BCUT2D eigenvalue weighted by atomic mass is 16.5. The number of hydrogen-bond acceptors (Lipinski definition) is 4. The van der Waals surface area contributed by atoms with Gasteiger partial charge in [-0.1, -0.05) is 18.2 Å². The van der Waals surface area contributed by atoms with Gasteiger partial charge in [0.15, 0.2) is 0 Å². The van der Waals surface area contributed by atoms with Gasteiger partial charge in [0.2, 0.25) is 0 Å². The Kier molecular flexibility index (Phi) is 6.14. The van der Waals surface area contributed by atoms with E-state index in [0.717, 1.165) is 57.0 Å². The van der Waals surface area contributed by atoms with Crippen LogP contribution in [0.1, 0.15) is 24.8 Å². The molecule has 1 aliphatic rings. The lowest BCUT2D eigenvalue weighted by Gasteiger charge is -2.10. The molecule has 0 bridgehead atoms. The van der Waals surface area contributed by atoms with Crippen LogP contribution >= 0.6 is 0 Å². The summed E-state index contributed by atoms with van der Waals surface area (Å²) in [5.41, 5.74) is 7.88. The van der Waals surface area contributed by atoms with Gasteiger partial charge in [-0.05, 0) is 37.4 Å². The summed E-state index contributed by atoms with van der Waals surface area (Å²) in [6.45, 7) is 4.19. The van der Waals surface area contributed by atoms with Gasteiger partial charge in [0.25, 0.3) is 0 Å². The first kappa shape index (κ1) is 14.3. The first-order valence-electron chi connectivity index (χ1n) is 7.09. The average Bonchev–Trinajstić information content (AvgIpc) is 2.93. The van der Waals surface area contributed by atoms with Crippen LogP contribution in [0.3, 0.4) is 0 Å². The standard InChI is InChI=1S/C15H24N2O2/c16-15-7-2-1-5-13(15)11-17-8-4-9-18-12-14-6-3-10-19-14/h1-2,5,7,14,17H,3-4,6,8-12,16H2. The zero-order chi connectivity index (χ0) is 13.3. The number of rotatable bonds is 8. The Morgan fingerprint density at radius 1 is 1.37 bits per heavy atom. The minimum absolute atomic E-state index is 0.331. The lowest BCUT2D eigenvalue weighted by atomic mass is 10.2. The van der Waals surface area contributed by atoms with Gasteiger partial charge >= 0.3 is 0 Å². The first-order valence-corrected chi connectivity index (χ1v) is 7.09. The van der Waals surface area contributed by atoms with Crippen LogP contribution in [-0.4, -0.2) is 32.5 Å². The molecule has 0 radical (unpaired) electrons. The Hall–Kier alpha value is -1.10. The zero-order valence-corrected chi connectivity index (χ0v) is 11.4. The van der Waals surface area contributed by atoms with Crippen molar-refractivity contribution in [3.63, 3.8) is 0 Å². The Morgan fingerprint density at radius 2 is 2.26 bits per heavy atom. The third-order valence-electron chi connectivity index (χ3n) is 3.34. The van der Waals surface area contributed by atoms with Gasteiger partial charge < -0.3 is 20.5 Å². The molecule has 0 aliphatic carbocycles. The van der Waals surface area contributed by atoms with Crippen molar-refractivity contribution in [1.29, 1.82) is 0 Å². The minimum Gasteiger partial charge on any atom is -0.398 e. The second kappa shape index (κ2) is 8.15. The molecule has 1 atom stereocenters. The van der Waals surface area contributed by atoms with Crippen LogP contribution in [0.15, 0.2) is 24.3 Å². The topological polar surface area (TPSA) is 56.5 Å². The van der Waals surface area contributed by atoms with E-state index in [-0.39, 0.29) is 0 Å². The lowest BCUT2D eigenvalue weighted by molar-refractivity contribution is 0.0166. The lowest BCUT2D eigenvalue weighted by Crippen LogP contribution is -2.19. The van der Waals surface area contributed by atoms with E-state index in [2.05, 4.69) is 11.4 Å². The molecule has 1 aliphatic heterocycles. The van der Waals surface area contributed by atoms with Crippen LogP contribution in [-0.2, 0) is 16.0 Å². The Morgan fingerprint density at radius 3 is 3.05 bits per heavy atom. The number of hydrogen-bond donors (Lipinski definition) is 2. The SMILES string of the molecule is Nc1ccccc1CNCCCOCC1CCCO1. The molecule has 1 heterocycles. The van der Waals surface area contributed by atoms with E-state index in [1.54, 1.807) is 0 Å². The largest absolute Gasteiger partial charge is 0.398 e. The van der Waals surface area contributed by atoms with E-state index in [1.165, 1.54) is 6.42 Å². The third kappa shape index (κ3) is 5.19. The van der Waals surface area contributed by atoms with Crippen molar-refractivity contribution in [2.45, 2.75) is 31.9 Å². The zero-order valence-electron chi connectivity index (χ0n) is 11.4. The van der Waals surface area contributed by atoms with Crippen molar-refractivity contribution >= 4 is 5.69 Å². The Labute approximate surface area is 115 Å². The number of ether oxygens (including phenoxy) is 2. The van der Waals surface area contributed by atoms with E-state index in [9.17, 15) is 0 Å². The summed E-state index contributed by atoms with van der Waals surface area (Å²) in [5, 5.41) is 3.38. The van der Waals surface area contributed by atoms with Gasteiger partial charge in [-0.2, -0.15) is 0 Å². The second-order valence-corrected chi connectivity index (χ2v) is 4.94. The number of nitrogen functional groups attached to an aromatic ring is 1. The molecule has 1 aromatic rings. The van der Waals surface area contributed by atoms with Crippen molar-refractivity contribution in [2.24, 2.45) is 0 Å². The number of nitrogens with two attached hydrogens (primary N) is 1. The minimum atomic E-state index is 0.331. The highest BCUT2D eigenvalue weighted by Gasteiger charge is 2.14. The Bertz CT molecular complexity index is 365. The summed E-state index contributed by atoms with van der Waals surface area (Å²) in [4.78, 5) is 0. The average molecular weight is 264 g/mol. The fraction of sp³-hybridized carbons (Fsp3) is 0.600. The van der Waals surface area contributed by atoms with Crippen LogP contribution in [0.25, 0.3) is 0 Å². The number of para-hydroxylation sites is 1. The second-order valence-electron chi connectivity index (χ2n) is 4.94. The van der Waals surface area contributed by atoms with Gasteiger partial charge in [-0.3, -0.25) is 0 Å². The monoisotopic (exact) mass is 264 g/mol. The molecule has 4 heteroatoms. The molecular formula is C15H24N2O2. The molecule has 0 amide bonds. The van der Waals surface area contributed by atoms with E-state index in [1.807, 2.05) is 18.2 Å². The molecule has 1 saturated heterocycles. The van der Waals surface area contributed by atoms with Crippen molar-refractivity contribution in [3.8, 4) is 0 Å². The van der Waals surface area contributed by atoms with Crippen molar-refractivity contribution < 1.29 is 9.47 Å². The molecule has 19 heavy (non-hydrogen) atoms. The van der Waals surface area contributed by atoms with E-state index in [4.69, 9.17) is 15.2 Å². The molecular weight excluding hydrogens is 240 g/mol. The number of benzene rings is 1. The molecule has 106 valence electrons. The summed E-state index contributed by atoms with van der Waals surface area (Å²) in [6.07, 6.45) is 3.66. The van der Waals surface area contributed by atoms with Gasteiger partial charge in [0.1, 0.15) is 0 Å². The van der Waals surface area contributed by atoms with Crippen molar-refractivity contribution in [2.75, 3.05) is 32.1 Å². The first-order chi connectivity index (χ1) is 9.36. The normalized spacial score (nSPS) is 18.8. The number of nitrogens with one attached hydrogen (secondary N) is 1. The highest BCUT2D eigenvalue weighted by molar-refractivity contribution is 5.46. The van der Waals surface area contributed by atoms with Gasteiger partial charge in [0, 0.05) is 25.4 Å². The van der Waals surface area contributed by atoms with Crippen molar-refractivity contribution in [3.05, 3.63) is 29.8 Å². The van der Waals surface area contributed by atoms with Crippen LogP contribution in [0.5, 0.6) is 0 Å². The van der Waals surface area contributed by atoms with Gasteiger partial charge in [-0.15, -0.1) is 0 Å². The molecule has 3 N–H and O–H groups in total. The van der Waals surface area contributed by atoms with E-state index in [0.29, 0.717) is 6.10 Å². The van der Waals surface area contributed by atoms with Crippen LogP contribution in [0.4, 0.5) is 5.69 Å². The molecule has 1 unspecified atom stereocenters. The van der Waals surface area contributed by atoms with E-state index < -0.39 is 0 Å². The maximum atomic E-state index is 5.87. The fourth-order valence-corrected chi connectivity index (χ4v) is 2.21. The smallest absolute Gasteiger partial charge is 0.0809 e. The Balaban J connectivity index is 1.47. The highest BCUT2D eigenvalue weighted by Crippen LogP contribution is 2.12. The molecule has 0 aromatic heterocycles. The van der Waals surface area contributed by atoms with E-state index >= 15 is 0 Å². The van der Waals surface area contributed by atoms with Crippen molar-refractivity contribution in [1.82, 2.24) is 5.32 Å². The molecule has 4 nitrogen and oxygen atoms in total. The fourth-order valence-electron chi connectivity index (χ4n) is 2.21. The summed E-state index contributed by atoms with van der Waals surface area (Å²) in [5.74, 6) is 0. The number of anilines is 1. The predicted octanol–water partition coefficient (Wildman–Crippen LogP) is 1.94. The summed E-state index contributed by atoms with van der Waals surface area (Å²) in [7, 11) is 0. The summed E-state index contributed by atoms with van der Waals surface area (Å²) in [6, 6.07) is 7.95. The maximum absolute atomic E-state index is 5.87. The van der Waals surface area contributed by atoms with Gasteiger partial charge in [-0.25, -0.2) is 0 Å². The molecule has 1 fully saturated rings. The quantitative estimate of drug-likeness (QED) is 0.556. The third-order valence-corrected chi connectivity index (χ3v) is 3.34. The molecule has 1 aromatic carbocycles. The van der Waals surface area contributed by atoms with Gasteiger partial charge in [0.05, 0.1) is 12.7 Å². The molecule has 0 spiro atoms.